The lowest BCUT2D eigenvalue weighted by molar-refractivity contribution is 0.0388. The highest BCUT2D eigenvalue weighted by molar-refractivity contribution is 5.14. The van der Waals surface area contributed by atoms with E-state index in [1.54, 1.807) is 0 Å². The summed E-state index contributed by atoms with van der Waals surface area (Å²) >= 11 is 0. The van der Waals surface area contributed by atoms with Gasteiger partial charge in [0, 0.05) is 26.7 Å². The molecule has 0 bridgehead atoms. The Balaban J connectivity index is 1.82. The fourth-order valence-corrected chi connectivity index (χ4v) is 2.14. The second-order valence-electron chi connectivity index (χ2n) is 4.20. The molecule has 2 heteroatoms. The van der Waals surface area contributed by atoms with Crippen LogP contribution in [-0.2, 0) is 11.3 Å². The Morgan fingerprint density at radius 1 is 1.20 bits per heavy atom. The fraction of sp³-hybridized carbons (Fsp3) is 0.538. The third-order valence-corrected chi connectivity index (χ3v) is 3.12. The van der Waals surface area contributed by atoms with Crippen LogP contribution >= 0.6 is 0 Å². The largest absolute Gasteiger partial charge is 0.381 e. The summed E-state index contributed by atoms with van der Waals surface area (Å²) in [5.74, 6) is 0. The Labute approximate surface area is 91.9 Å². The first-order valence-corrected chi connectivity index (χ1v) is 5.67. The van der Waals surface area contributed by atoms with Crippen LogP contribution in [0.3, 0.4) is 0 Å². The third-order valence-electron chi connectivity index (χ3n) is 3.12. The summed E-state index contributed by atoms with van der Waals surface area (Å²) in [6.07, 6.45) is 2.82. The summed E-state index contributed by atoms with van der Waals surface area (Å²) in [5, 5.41) is 0. The van der Waals surface area contributed by atoms with Crippen molar-refractivity contribution in [3.8, 4) is 0 Å². The number of piperidine rings is 1. The van der Waals surface area contributed by atoms with Gasteiger partial charge in [-0.05, 0) is 18.4 Å². The van der Waals surface area contributed by atoms with Gasteiger partial charge in [0.25, 0.3) is 0 Å². The fourth-order valence-electron chi connectivity index (χ4n) is 2.14. The maximum absolute atomic E-state index is 5.36. The van der Waals surface area contributed by atoms with Crippen molar-refractivity contribution in [2.24, 2.45) is 0 Å². The first-order chi connectivity index (χ1) is 7.38. The molecule has 15 heavy (non-hydrogen) atoms. The molecule has 0 spiro atoms. The first-order valence-electron chi connectivity index (χ1n) is 5.67. The average molecular weight is 205 g/mol. The van der Waals surface area contributed by atoms with Gasteiger partial charge in [0.05, 0.1) is 6.10 Å². The number of nitrogens with zero attached hydrogens (tertiary/aromatic N) is 1. The van der Waals surface area contributed by atoms with Crippen LogP contribution in [0.5, 0.6) is 0 Å². The van der Waals surface area contributed by atoms with E-state index in [2.05, 4.69) is 35.2 Å². The van der Waals surface area contributed by atoms with Gasteiger partial charge < -0.3 is 4.74 Å². The minimum absolute atomic E-state index is 0.483. The first kappa shape index (κ1) is 10.7. The van der Waals surface area contributed by atoms with Crippen LogP contribution in [0.2, 0.25) is 0 Å². The molecule has 82 valence electrons. The van der Waals surface area contributed by atoms with Crippen molar-refractivity contribution >= 4 is 0 Å². The zero-order chi connectivity index (χ0) is 10.5. The molecular weight excluding hydrogens is 186 g/mol. The van der Waals surface area contributed by atoms with Crippen LogP contribution in [0, 0.1) is 0 Å². The van der Waals surface area contributed by atoms with Crippen LogP contribution in [0.25, 0.3) is 0 Å². The Morgan fingerprint density at radius 2 is 1.87 bits per heavy atom. The van der Waals surface area contributed by atoms with Crippen molar-refractivity contribution in [1.82, 2.24) is 4.90 Å². The molecule has 1 aliphatic heterocycles. The highest BCUT2D eigenvalue weighted by Gasteiger charge is 2.18. The van der Waals surface area contributed by atoms with Crippen LogP contribution in [0.4, 0.5) is 0 Å². The van der Waals surface area contributed by atoms with Crippen molar-refractivity contribution in [2.45, 2.75) is 25.5 Å². The van der Waals surface area contributed by atoms with Gasteiger partial charge in [-0.3, -0.25) is 4.90 Å². The molecule has 1 aromatic carbocycles. The third kappa shape index (κ3) is 3.05. The quantitative estimate of drug-likeness (QED) is 0.750. The summed E-state index contributed by atoms with van der Waals surface area (Å²) in [6.45, 7) is 3.40. The van der Waals surface area contributed by atoms with Gasteiger partial charge in [-0.1, -0.05) is 30.3 Å². The number of ether oxygens (including phenoxy) is 1. The van der Waals surface area contributed by atoms with Gasteiger partial charge in [0.2, 0.25) is 0 Å². The van der Waals surface area contributed by atoms with Crippen molar-refractivity contribution in [3.63, 3.8) is 0 Å². The van der Waals surface area contributed by atoms with E-state index in [1.165, 1.54) is 18.4 Å². The second kappa shape index (κ2) is 5.29. The summed E-state index contributed by atoms with van der Waals surface area (Å²) in [4.78, 5) is 2.50. The number of methoxy groups -OCH3 is 1. The number of benzene rings is 1. The molecule has 0 saturated carbocycles. The van der Waals surface area contributed by atoms with E-state index in [0.29, 0.717) is 6.10 Å². The van der Waals surface area contributed by atoms with E-state index >= 15 is 0 Å². The van der Waals surface area contributed by atoms with Crippen LogP contribution in [0.15, 0.2) is 30.3 Å². The summed E-state index contributed by atoms with van der Waals surface area (Å²) in [7, 11) is 1.82. The summed E-state index contributed by atoms with van der Waals surface area (Å²) in [6, 6.07) is 10.7. The Kier molecular flexibility index (Phi) is 3.75. The Morgan fingerprint density at radius 3 is 2.47 bits per heavy atom. The molecule has 1 heterocycles. The normalized spacial score (nSPS) is 19.3. The molecular formula is C13H19NO. The minimum atomic E-state index is 0.483. The van der Waals surface area contributed by atoms with Crippen molar-refractivity contribution in [1.29, 1.82) is 0 Å². The maximum atomic E-state index is 5.36. The van der Waals surface area contributed by atoms with E-state index in [4.69, 9.17) is 4.74 Å². The highest BCUT2D eigenvalue weighted by Crippen LogP contribution is 2.15. The zero-order valence-corrected chi connectivity index (χ0v) is 9.36. The lowest BCUT2D eigenvalue weighted by Crippen LogP contribution is -2.36. The van der Waals surface area contributed by atoms with E-state index < -0.39 is 0 Å². The lowest BCUT2D eigenvalue weighted by Gasteiger charge is -2.31. The van der Waals surface area contributed by atoms with Crippen LogP contribution in [0.1, 0.15) is 18.4 Å². The molecule has 2 rings (SSSR count). The van der Waals surface area contributed by atoms with Crippen molar-refractivity contribution in [3.05, 3.63) is 35.9 Å². The summed E-state index contributed by atoms with van der Waals surface area (Å²) in [5.41, 5.74) is 1.41. The molecule has 0 amide bonds. The maximum Gasteiger partial charge on any atom is 0.0595 e. The van der Waals surface area contributed by atoms with E-state index in [9.17, 15) is 0 Å². The zero-order valence-electron chi connectivity index (χ0n) is 9.36. The summed E-state index contributed by atoms with van der Waals surface area (Å²) < 4.78 is 5.36. The Bertz CT molecular complexity index is 278. The van der Waals surface area contributed by atoms with E-state index in [1.807, 2.05) is 7.11 Å². The van der Waals surface area contributed by atoms with Crippen LogP contribution < -0.4 is 0 Å². The van der Waals surface area contributed by atoms with Gasteiger partial charge in [-0.15, -0.1) is 0 Å². The molecule has 2 nitrogen and oxygen atoms in total. The second-order valence-corrected chi connectivity index (χ2v) is 4.20. The van der Waals surface area contributed by atoms with E-state index in [-0.39, 0.29) is 0 Å². The van der Waals surface area contributed by atoms with Gasteiger partial charge in [0.15, 0.2) is 0 Å². The molecule has 0 aliphatic carbocycles. The minimum Gasteiger partial charge on any atom is -0.381 e. The molecule has 0 unspecified atom stereocenters. The predicted molar refractivity (Wildman–Crippen MR) is 61.8 cm³/mol. The number of hydrogen-bond donors (Lipinski definition) is 0. The highest BCUT2D eigenvalue weighted by atomic mass is 16.5. The topological polar surface area (TPSA) is 12.5 Å². The van der Waals surface area contributed by atoms with Gasteiger partial charge in [-0.2, -0.15) is 0 Å². The molecule has 0 aromatic heterocycles. The number of rotatable bonds is 3. The van der Waals surface area contributed by atoms with Crippen molar-refractivity contribution < 1.29 is 4.74 Å². The Hall–Kier alpha value is -0.860. The molecule has 1 saturated heterocycles. The van der Waals surface area contributed by atoms with Crippen LogP contribution in [-0.4, -0.2) is 31.2 Å². The number of hydrogen-bond acceptors (Lipinski definition) is 2. The SMILES string of the molecule is COC1CCN(Cc2ccccc2)CC1. The average Bonchev–Trinajstić information content (AvgIpc) is 2.31. The van der Waals surface area contributed by atoms with Gasteiger partial charge in [0.1, 0.15) is 0 Å². The van der Waals surface area contributed by atoms with Crippen molar-refractivity contribution in [2.75, 3.05) is 20.2 Å². The lowest BCUT2D eigenvalue weighted by atomic mass is 10.1. The van der Waals surface area contributed by atoms with Gasteiger partial charge >= 0.3 is 0 Å². The molecule has 1 aliphatic rings. The molecule has 0 atom stereocenters. The standard InChI is InChI=1S/C13H19NO/c1-15-13-7-9-14(10-8-13)11-12-5-3-2-4-6-12/h2-6,13H,7-11H2,1H3. The van der Waals surface area contributed by atoms with Gasteiger partial charge in [-0.25, -0.2) is 0 Å². The smallest absolute Gasteiger partial charge is 0.0595 e. The monoisotopic (exact) mass is 205 g/mol. The predicted octanol–water partition coefficient (Wildman–Crippen LogP) is 2.30. The van der Waals surface area contributed by atoms with E-state index in [0.717, 1.165) is 19.6 Å². The molecule has 0 N–H and O–H groups in total. The molecule has 0 radical (unpaired) electrons. The molecule has 1 fully saturated rings. The molecule has 1 aromatic rings. The number of likely N-dealkylation sites (tertiary alicyclic amines) is 1.